The predicted molar refractivity (Wildman–Crippen MR) is 102 cm³/mol. The van der Waals surface area contributed by atoms with Gasteiger partial charge in [0.1, 0.15) is 11.3 Å². The number of nitrogen functional groups attached to an aromatic ring is 1. The van der Waals surface area contributed by atoms with Crippen molar-refractivity contribution in [2.75, 3.05) is 12.3 Å². The van der Waals surface area contributed by atoms with Crippen LogP contribution in [0.15, 0.2) is 52.9 Å². The van der Waals surface area contributed by atoms with Gasteiger partial charge in [0.05, 0.1) is 17.5 Å². The number of aromatic nitrogens is 2. The summed E-state index contributed by atoms with van der Waals surface area (Å²) in [6, 6.07) is 16.0. The normalized spacial score (nSPS) is 14.6. The quantitative estimate of drug-likeness (QED) is 0.575. The van der Waals surface area contributed by atoms with E-state index >= 15 is 0 Å². The highest BCUT2D eigenvalue weighted by Crippen LogP contribution is 2.33. The zero-order valence-corrected chi connectivity index (χ0v) is 14.3. The molecular weight excluding hydrogens is 326 g/mol. The van der Waals surface area contributed by atoms with Crippen LogP contribution in [0.3, 0.4) is 0 Å². The average molecular weight is 345 g/mol. The summed E-state index contributed by atoms with van der Waals surface area (Å²) >= 11 is 0. The van der Waals surface area contributed by atoms with Gasteiger partial charge in [0.2, 0.25) is 11.8 Å². The van der Waals surface area contributed by atoms with E-state index in [1.165, 1.54) is 19.3 Å². The number of nitrogens with zero attached hydrogens (tertiary/aromatic N) is 2. The minimum atomic E-state index is 0.234. The van der Waals surface area contributed by atoms with Crippen LogP contribution < -0.4 is 10.5 Å². The van der Waals surface area contributed by atoms with Gasteiger partial charge in [-0.3, -0.25) is 0 Å². The molecule has 0 amide bonds. The van der Waals surface area contributed by atoms with Crippen molar-refractivity contribution < 1.29 is 9.15 Å². The minimum absolute atomic E-state index is 0.234. The van der Waals surface area contributed by atoms with Gasteiger partial charge in [-0.15, -0.1) is 0 Å². The zero-order chi connectivity index (χ0) is 17.5. The third kappa shape index (κ3) is 2.65. The topological polar surface area (TPSA) is 74.2 Å². The van der Waals surface area contributed by atoms with Gasteiger partial charge in [0.15, 0.2) is 0 Å². The smallest absolute Gasteiger partial charge is 0.226 e. The molecular formula is C21H19N3O2. The van der Waals surface area contributed by atoms with E-state index in [2.05, 4.69) is 9.97 Å². The monoisotopic (exact) mass is 345 g/mol. The molecule has 26 heavy (non-hydrogen) atoms. The van der Waals surface area contributed by atoms with E-state index in [-0.39, 0.29) is 5.95 Å². The number of furan rings is 1. The number of hydrogen-bond acceptors (Lipinski definition) is 5. The molecule has 2 aromatic heterocycles. The van der Waals surface area contributed by atoms with E-state index in [1.54, 1.807) is 0 Å². The second kappa shape index (κ2) is 6.02. The highest BCUT2D eigenvalue weighted by molar-refractivity contribution is 5.90. The van der Waals surface area contributed by atoms with E-state index in [1.807, 2.05) is 48.5 Å². The Kier molecular flexibility index (Phi) is 3.52. The van der Waals surface area contributed by atoms with Gasteiger partial charge in [0, 0.05) is 10.9 Å². The summed E-state index contributed by atoms with van der Waals surface area (Å²) in [5.41, 5.74) is 8.48. The van der Waals surface area contributed by atoms with Crippen molar-refractivity contribution in [1.29, 1.82) is 0 Å². The largest absolute Gasteiger partial charge is 0.477 e. The molecule has 1 aliphatic carbocycles. The molecule has 1 aliphatic rings. The van der Waals surface area contributed by atoms with Crippen molar-refractivity contribution >= 4 is 27.8 Å². The van der Waals surface area contributed by atoms with Crippen molar-refractivity contribution in [3.05, 3.63) is 48.5 Å². The van der Waals surface area contributed by atoms with Crippen LogP contribution in [0.5, 0.6) is 5.88 Å². The lowest BCUT2D eigenvalue weighted by molar-refractivity contribution is 0.177. The maximum absolute atomic E-state index is 5.99. The highest BCUT2D eigenvalue weighted by Gasteiger charge is 2.19. The highest BCUT2D eigenvalue weighted by atomic mass is 16.5. The fourth-order valence-electron chi connectivity index (χ4n) is 3.36. The van der Waals surface area contributed by atoms with Gasteiger partial charge in [0.25, 0.3) is 0 Å². The standard InChI is InChI=1S/C21H19N3O2/c22-21-23-17-9-8-15(19-11-14-6-1-2-7-18(14)26-19)10-16(17)20(24-21)25-12-13-4-3-5-13/h1-2,6-11,13H,3-5,12H2,(H2,22,23,24). The molecule has 1 fully saturated rings. The maximum Gasteiger partial charge on any atom is 0.226 e. The van der Waals surface area contributed by atoms with Gasteiger partial charge in [-0.25, -0.2) is 4.98 Å². The van der Waals surface area contributed by atoms with E-state index in [0.717, 1.165) is 33.2 Å². The van der Waals surface area contributed by atoms with E-state index < -0.39 is 0 Å². The van der Waals surface area contributed by atoms with E-state index in [9.17, 15) is 0 Å². The number of para-hydroxylation sites is 1. The second-order valence-corrected chi connectivity index (χ2v) is 6.88. The summed E-state index contributed by atoms with van der Waals surface area (Å²) in [6.45, 7) is 0.681. The number of hydrogen-bond donors (Lipinski definition) is 1. The molecule has 0 atom stereocenters. The number of anilines is 1. The fraction of sp³-hybridized carbons (Fsp3) is 0.238. The van der Waals surface area contributed by atoms with Crippen LogP contribution in [-0.2, 0) is 0 Å². The first-order chi connectivity index (χ1) is 12.8. The van der Waals surface area contributed by atoms with Crippen molar-refractivity contribution in [2.24, 2.45) is 5.92 Å². The first-order valence-corrected chi connectivity index (χ1v) is 8.95. The van der Waals surface area contributed by atoms with Crippen LogP contribution in [0.1, 0.15) is 19.3 Å². The van der Waals surface area contributed by atoms with Crippen LogP contribution in [0, 0.1) is 5.92 Å². The number of benzene rings is 2. The Morgan fingerprint density at radius 2 is 1.96 bits per heavy atom. The molecule has 5 nitrogen and oxygen atoms in total. The van der Waals surface area contributed by atoms with E-state index in [4.69, 9.17) is 14.9 Å². The fourth-order valence-corrected chi connectivity index (χ4v) is 3.36. The summed E-state index contributed by atoms with van der Waals surface area (Å²) in [7, 11) is 0. The summed E-state index contributed by atoms with van der Waals surface area (Å²) in [5, 5.41) is 1.94. The molecule has 2 aromatic carbocycles. The van der Waals surface area contributed by atoms with Crippen molar-refractivity contribution in [1.82, 2.24) is 9.97 Å². The molecule has 2 N–H and O–H groups in total. The molecule has 2 heterocycles. The first kappa shape index (κ1) is 15.2. The zero-order valence-electron chi connectivity index (χ0n) is 14.3. The average Bonchev–Trinajstić information content (AvgIpc) is 3.04. The SMILES string of the molecule is Nc1nc(OCC2CCC2)c2cc(-c3cc4ccccc4o3)ccc2n1. The third-order valence-electron chi connectivity index (χ3n) is 5.07. The van der Waals surface area contributed by atoms with Gasteiger partial charge in [-0.1, -0.05) is 24.6 Å². The first-order valence-electron chi connectivity index (χ1n) is 8.95. The number of fused-ring (bicyclic) bond motifs is 2. The number of ether oxygens (including phenoxy) is 1. The molecule has 0 saturated heterocycles. The molecule has 4 aromatic rings. The molecule has 0 bridgehead atoms. The van der Waals surface area contributed by atoms with Gasteiger partial charge in [-0.2, -0.15) is 4.98 Å². The molecule has 1 saturated carbocycles. The van der Waals surface area contributed by atoms with Crippen molar-refractivity contribution in [3.8, 4) is 17.2 Å². The maximum atomic E-state index is 5.99. The Labute approximate surface area is 150 Å². The lowest BCUT2D eigenvalue weighted by Gasteiger charge is -2.25. The summed E-state index contributed by atoms with van der Waals surface area (Å²) in [5.74, 6) is 2.23. The molecule has 5 heteroatoms. The summed E-state index contributed by atoms with van der Waals surface area (Å²) < 4.78 is 12.0. The van der Waals surface area contributed by atoms with Gasteiger partial charge >= 0.3 is 0 Å². The Balaban J connectivity index is 1.57. The molecule has 130 valence electrons. The van der Waals surface area contributed by atoms with Crippen LogP contribution in [0.2, 0.25) is 0 Å². The molecule has 0 unspecified atom stereocenters. The molecule has 5 rings (SSSR count). The van der Waals surface area contributed by atoms with Gasteiger partial charge < -0.3 is 14.9 Å². The third-order valence-corrected chi connectivity index (χ3v) is 5.07. The number of nitrogens with two attached hydrogens (primary N) is 1. The molecule has 0 spiro atoms. The van der Waals surface area contributed by atoms with Crippen LogP contribution >= 0.6 is 0 Å². The number of rotatable bonds is 4. The lowest BCUT2D eigenvalue weighted by Crippen LogP contribution is -2.19. The Bertz CT molecular complexity index is 1070. The molecule has 0 aliphatic heterocycles. The van der Waals surface area contributed by atoms with Crippen LogP contribution in [-0.4, -0.2) is 16.6 Å². The molecule has 0 radical (unpaired) electrons. The summed E-state index contributed by atoms with van der Waals surface area (Å²) in [6.07, 6.45) is 3.74. The van der Waals surface area contributed by atoms with Crippen molar-refractivity contribution in [3.63, 3.8) is 0 Å². The Morgan fingerprint density at radius 3 is 2.77 bits per heavy atom. The van der Waals surface area contributed by atoms with Gasteiger partial charge in [-0.05, 0) is 49.1 Å². The Morgan fingerprint density at radius 1 is 1.08 bits per heavy atom. The lowest BCUT2D eigenvalue weighted by atomic mass is 9.86. The second-order valence-electron chi connectivity index (χ2n) is 6.88. The van der Waals surface area contributed by atoms with Crippen LogP contribution in [0.25, 0.3) is 33.2 Å². The van der Waals surface area contributed by atoms with Crippen molar-refractivity contribution in [2.45, 2.75) is 19.3 Å². The van der Waals surface area contributed by atoms with E-state index in [0.29, 0.717) is 18.4 Å². The van der Waals surface area contributed by atoms with Crippen LogP contribution in [0.4, 0.5) is 5.95 Å². The summed E-state index contributed by atoms with van der Waals surface area (Å²) in [4.78, 5) is 8.65. The Hall–Kier alpha value is -3.08. The predicted octanol–water partition coefficient (Wildman–Crippen LogP) is 4.80. The minimum Gasteiger partial charge on any atom is -0.477 e.